The summed E-state index contributed by atoms with van der Waals surface area (Å²) in [6.07, 6.45) is 0. The van der Waals surface area contributed by atoms with Crippen LogP contribution in [0.1, 0.15) is 30.0 Å². The molecule has 19 heavy (non-hydrogen) atoms. The lowest BCUT2D eigenvalue weighted by Gasteiger charge is -2.46. The molecule has 0 bridgehead atoms. The molecule has 1 aromatic rings. The highest BCUT2D eigenvalue weighted by molar-refractivity contribution is 5.90. The first kappa shape index (κ1) is 14.0. The van der Waals surface area contributed by atoms with Gasteiger partial charge in [0.1, 0.15) is 5.69 Å². The van der Waals surface area contributed by atoms with Crippen LogP contribution in [0.25, 0.3) is 0 Å². The number of primary amides is 1. The number of aromatic nitrogens is 1. The second-order valence-corrected chi connectivity index (χ2v) is 5.85. The van der Waals surface area contributed by atoms with Gasteiger partial charge in [0.2, 0.25) is 0 Å². The van der Waals surface area contributed by atoms with Crippen molar-refractivity contribution in [2.45, 2.75) is 25.9 Å². The molecule has 1 aliphatic heterocycles. The van der Waals surface area contributed by atoms with Crippen molar-refractivity contribution in [3.05, 3.63) is 29.6 Å². The van der Waals surface area contributed by atoms with Gasteiger partial charge in [0.05, 0.1) is 5.69 Å². The highest BCUT2D eigenvalue weighted by Crippen LogP contribution is 2.21. The molecular weight excluding hydrogens is 240 g/mol. The van der Waals surface area contributed by atoms with Gasteiger partial charge in [-0.05, 0) is 33.0 Å². The summed E-state index contributed by atoms with van der Waals surface area (Å²) in [7, 11) is 2.14. The van der Waals surface area contributed by atoms with Gasteiger partial charge < -0.3 is 10.6 Å². The van der Waals surface area contributed by atoms with Crippen molar-refractivity contribution in [3.63, 3.8) is 0 Å². The number of likely N-dealkylation sites (N-methyl/N-ethyl adjacent to an activating group) is 1. The summed E-state index contributed by atoms with van der Waals surface area (Å²) in [6.45, 7) is 8.32. The lowest BCUT2D eigenvalue weighted by molar-refractivity contribution is 0.0244. The highest BCUT2D eigenvalue weighted by Gasteiger charge is 2.32. The minimum absolute atomic E-state index is 0.109. The molecule has 0 unspecified atom stereocenters. The summed E-state index contributed by atoms with van der Waals surface area (Å²) in [5.74, 6) is -0.473. The quantitative estimate of drug-likeness (QED) is 0.871. The number of nitrogens with two attached hydrogens (primary N) is 1. The summed E-state index contributed by atoms with van der Waals surface area (Å²) in [6, 6.07) is 5.44. The average Bonchev–Trinajstić information content (AvgIpc) is 2.32. The maximum absolute atomic E-state index is 11.2. The van der Waals surface area contributed by atoms with Gasteiger partial charge in [-0.15, -0.1) is 0 Å². The molecule has 0 saturated carbocycles. The number of nitrogens with zero attached hydrogens (tertiary/aromatic N) is 3. The second-order valence-electron chi connectivity index (χ2n) is 5.85. The van der Waals surface area contributed by atoms with Crippen molar-refractivity contribution in [2.24, 2.45) is 5.73 Å². The van der Waals surface area contributed by atoms with Crippen LogP contribution < -0.4 is 5.73 Å². The first-order valence-electron chi connectivity index (χ1n) is 6.58. The van der Waals surface area contributed by atoms with Crippen molar-refractivity contribution in [1.29, 1.82) is 0 Å². The Morgan fingerprint density at radius 2 is 2.16 bits per heavy atom. The lowest BCUT2D eigenvalue weighted by atomic mass is 9.99. The molecule has 1 amide bonds. The van der Waals surface area contributed by atoms with Gasteiger partial charge in [-0.25, -0.2) is 4.98 Å². The third kappa shape index (κ3) is 3.30. The molecule has 1 aliphatic rings. The van der Waals surface area contributed by atoms with Crippen LogP contribution in [-0.4, -0.2) is 52.9 Å². The monoisotopic (exact) mass is 262 g/mol. The van der Waals surface area contributed by atoms with Gasteiger partial charge in [0, 0.05) is 31.7 Å². The predicted molar refractivity (Wildman–Crippen MR) is 74.7 cm³/mol. The molecule has 5 heteroatoms. The maximum Gasteiger partial charge on any atom is 0.267 e. The smallest absolute Gasteiger partial charge is 0.267 e. The van der Waals surface area contributed by atoms with E-state index in [0.29, 0.717) is 5.69 Å². The van der Waals surface area contributed by atoms with Crippen LogP contribution in [0, 0.1) is 0 Å². The van der Waals surface area contributed by atoms with E-state index in [1.54, 1.807) is 6.07 Å². The molecule has 104 valence electrons. The molecule has 2 rings (SSSR count). The van der Waals surface area contributed by atoms with Crippen molar-refractivity contribution in [1.82, 2.24) is 14.8 Å². The summed E-state index contributed by atoms with van der Waals surface area (Å²) in [5.41, 5.74) is 6.61. The Kier molecular flexibility index (Phi) is 3.87. The van der Waals surface area contributed by atoms with E-state index in [2.05, 4.69) is 35.7 Å². The normalized spacial score (nSPS) is 20.4. The summed E-state index contributed by atoms with van der Waals surface area (Å²) in [5, 5.41) is 0. The fourth-order valence-electron chi connectivity index (χ4n) is 2.63. The minimum atomic E-state index is -0.473. The van der Waals surface area contributed by atoms with E-state index in [1.807, 2.05) is 12.1 Å². The maximum atomic E-state index is 11.2. The first-order valence-corrected chi connectivity index (χ1v) is 6.58. The molecule has 5 nitrogen and oxygen atoms in total. The SMILES string of the molecule is CN1CCN(Cc2cccc(C(N)=O)n2)C(C)(C)C1. The zero-order valence-corrected chi connectivity index (χ0v) is 11.9. The van der Waals surface area contributed by atoms with Crippen LogP contribution in [0.3, 0.4) is 0 Å². The number of carbonyl (C=O) groups excluding carboxylic acids is 1. The number of rotatable bonds is 3. The van der Waals surface area contributed by atoms with E-state index in [-0.39, 0.29) is 5.54 Å². The van der Waals surface area contributed by atoms with Gasteiger partial charge in [-0.3, -0.25) is 9.69 Å². The molecule has 0 aromatic carbocycles. The van der Waals surface area contributed by atoms with Crippen LogP contribution in [-0.2, 0) is 6.54 Å². The van der Waals surface area contributed by atoms with E-state index in [9.17, 15) is 4.79 Å². The van der Waals surface area contributed by atoms with Gasteiger partial charge in [0.15, 0.2) is 0 Å². The number of carbonyl (C=O) groups is 1. The summed E-state index contributed by atoms with van der Waals surface area (Å²) >= 11 is 0. The van der Waals surface area contributed by atoms with Gasteiger partial charge in [0.25, 0.3) is 5.91 Å². The molecule has 0 aliphatic carbocycles. The molecule has 1 aromatic heterocycles. The minimum Gasteiger partial charge on any atom is -0.364 e. The Morgan fingerprint density at radius 3 is 2.79 bits per heavy atom. The lowest BCUT2D eigenvalue weighted by Crippen LogP contribution is -2.57. The molecule has 1 fully saturated rings. The number of piperazine rings is 1. The van der Waals surface area contributed by atoms with Crippen molar-refractivity contribution in [3.8, 4) is 0 Å². The number of hydrogen-bond acceptors (Lipinski definition) is 4. The van der Waals surface area contributed by atoms with Crippen molar-refractivity contribution < 1.29 is 4.79 Å². The van der Waals surface area contributed by atoms with E-state index >= 15 is 0 Å². The fourth-order valence-corrected chi connectivity index (χ4v) is 2.63. The highest BCUT2D eigenvalue weighted by atomic mass is 16.1. The summed E-state index contributed by atoms with van der Waals surface area (Å²) in [4.78, 5) is 20.2. The van der Waals surface area contributed by atoms with Crippen LogP contribution in [0.2, 0.25) is 0 Å². The predicted octanol–water partition coefficient (Wildman–Crippen LogP) is 0.707. The van der Waals surface area contributed by atoms with E-state index in [1.165, 1.54) is 0 Å². The number of pyridine rings is 1. The molecule has 0 atom stereocenters. The summed E-state index contributed by atoms with van der Waals surface area (Å²) < 4.78 is 0. The third-order valence-corrected chi connectivity index (χ3v) is 3.68. The van der Waals surface area contributed by atoms with Gasteiger partial charge >= 0.3 is 0 Å². The first-order chi connectivity index (χ1) is 8.88. The van der Waals surface area contributed by atoms with E-state index in [4.69, 9.17) is 5.73 Å². The zero-order chi connectivity index (χ0) is 14.0. The molecule has 1 saturated heterocycles. The average molecular weight is 262 g/mol. The fraction of sp³-hybridized carbons (Fsp3) is 0.571. The number of amides is 1. The standard InChI is InChI=1S/C14H22N4O/c1-14(2)10-17(3)7-8-18(14)9-11-5-4-6-12(16-11)13(15)19/h4-6H,7-10H2,1-3H3,(H2,15,19). The van der Waals surface area contributed by atoms with Gasteiger partial charge in [-0.1, -0.05) is 6.07 Å². The Morgan fingerprint density at radius 1 is 1.42 bits per heavy atom. The van der Waals surface area contributed by atoms with Crippen LogP contribution in [0.4, 0.5) is 0 Å². The number of hydrogen-bond donors (Lipinski definition) is 1. The van der Waals surface area contributed by atoms with Crippen molar-refractivity contribution >= 4 is 5.91 Å². The Balaban J connectivity index is 2.12. The third-order valence-electron chi connectivity index (χ3n) is 3.68. The molecular formula is C14H22N4O. The van der Waals surface area contributed by atoms with Gasteiger partial charge in [-0.2, -0.15) is 0 Å². The largest absolute Gasteiger partial charge is 0.364 e. The Bertz CT molecular complexity index is 472. The molecule has 2 heterocycles. The Labute approximate surface area is 114 Å². The topological polar surface area (TPSA) is 62.5 Å². The molecule has 2 N–H and O–H groups in total. The van der Waals surface area contributed by atoms with Crippen LogP contribution in [0.15, 0.2) is 18.2 Å². The van der Waals surface area contributed by atoms with Crippen LogP contribution >= 0.6 is 0 Å². The van der Waals surface area contributed by atoms with Crippen molar-refractivity contribution in [2.75, 3.05) is 26.7 Å². The van der Waals surface area contributed by atoms with E-state index < -0.39 is 5.91 Å². The molecule has 0 spiro atoms. The van der Waals surface area contributed by atoms with Crippen LogP contribution in [0.5, 0.6) is 0 Å². The Hall–Kier alpha value is -1.46. The molecule has 0 radical (unpaired) electrons. The van der Waals surface area contributed by atoms with E-state index in [0.717, 1.165) is 31.9 Å². The second kappa shape index (κ2) is 5.27. The zero-order valence-electron chi connectivity index (χ0n) is 11.9.